The van der Waals surface area contributed by atoms with Crippen LogP contribution in [0, 0.1) is 16.7 Å². The van der Waals surface area contributed by atoms with Crippen LogP contribution in [0.5, 0.6) is 5.75 Å². The van der Waals surface area contributed by atoms with Gasteiger partial charge in [0, 0.05) is 16.9 Å². The number of thioether (sulfide) groups is 1. The lowest BCUT2D eigenvalue weighted by molar-refractivity contribution is -0.0213. The molecule has 27 heavy (non-hydrogen) atoms. The standard InChI is InChI=1S/C25H40OS/c1-22(2,3)19-9-18(14-27-8)21(26)20(10-19)25(7)13-17-11-23(4,5)15-24(6,12-17)16-25/h9-10,17,26H,11-16H2,1-8H3. The molecule has 0 aliphatic heterocycles. The number of benzene rings is 1. The molecule has 2 heteroatoms. The van der Waals surface area contributed by atoms with E-state index in [1.165, 1.54) is 43.2 Å². The first kappa shape index (κ1) is 21.1. The van der Waals surface area contributed by atoms with E-state index < -0.39 is 0 Å². The predicted molar refractivity (Wildman–Crippen MR) is 120 cm³/mol. The van der Waals surface area contributed by atoms with Gasteiger partial charge < -0.3 is 5.11 Å². The van der Waals surface area contributed by atoms with Gasteiger partial charge in [-0.25, -0.2) is 0 Å². The molecule has 2 aliphatic rings. The smallest absolute Gasteiger partial charge is 0.123 e. The maximum atomic E-state index is 11.3. The van der Waals surface area contributed by atoms with Crippen LogP contribution in [0.15, 0.2) is 12.1 Å². The molecule has 1 aromatic rings. The van der Waals surface area contributed by atoms with Crippen LogP contribution in [0.2, 0.25) is 0 Å². The summed E-state index contributed by atoms with van der Waals surface area (Å²) < 4.78 is 0. The molecule has 2 aliphatic carbocycles. The molecule has 3 atom stereocenters. The van der Waals surface area contributed by atoms with Crippen LogP contribution in [0.1, 0.15) is 97.3 Å². The number of fused-ring (bicyclic) bond motifs is 2. The molecule has 1 aromatic carbocycles. The van der Waals surface area contributed by atoms with Gasteiger partial charge in [0.2, 0.25) is 0 Å². The van der Waals surface area contributed by atoms with Crippen molar-refractivity contribution in [3.8, 4) is 5.75 Å². The second kappa shape index (κ2) is 6.71. The number of phenols is 1. The van der Waals surface area contributed by atoms with Gasteiger partial charge in [0.25, 0.3) is 0 Å². The minimum absolute atomic E-state index is 0.0761. The molecule has 0 heterocycles. The molecule has 0 spiro atoms. The van der Waals surface area contributed by atoms with Crippen molar-refractivity contribution in [1.29, 1.82) is 0 Å². The van der Waals surface area contributed by atoms with Crippen molar-refractivity contribution in [3.63, 3.8) is 0 Å². The summed E-state index contributed by atoms with van der Waals surface area (Å²) in [6.07, 6.45) is 8.53. The van der Waals surface area contributed by atoms with Gasteiger partial charge in [0.1, 0.15) is 5.75 Å². The first-order valence-corrected chi connectivity index (χ1v) is 12.0. The van der Waals surface area contributed by atoms with E-state index in [4.69, 9.17) is 0 Å². The molecule has 1 N–H and O–H groups in total. The molecule has 0 amide bonds. The highest BCUT2D eigenvalue weighted by Crippen LogP contribution is 2.61. The van der Waals surface area contributed by atoms with E-state index in [9.17, 15) is 5.11 Å². The van der Waals surface area contributed by atoms with Gasteiger partial charge in [-0.15, -0.1) is 0 Å². The third kappa shape index (κ3) is 4.21. The maximum Gasteiger partial charge on any atom is 0.123 e. The fourth-order valence-electron chi connectivity index (χ4n) is 6.84. The fraction of sp³-hybridized carbons (Fsp3) is 0.760. The van der Waals surface area contributed by atoms with Crippen molar-refractivity contribution in [2.75, 3.05) is 6.26 Å². The lowest BCUT2D eigenvalue weighted by Crippen LogP contribution is -2.47. The van der Waals surface area contributed by atoms with E-state index in [1.807, 2.05) is 0 Å². The minimum Gasteiger partial charge on any atom is -0.507 e. The molecular formula is C25H40OS. The third-order valence-electron chi connectivity index (χ3n) is 7.09. The van der Waals surface area contributed by atoms with Crippen LogP contribution in [0.25, 0.3) is 0 Å². The highest BCUT2D eigenvalue weighted by molar-refractivity contribution is 7.97. The summed E-state index contributed by atoms with van der Waals surface area (Å²) in [5.74, 6) is 2.23. The van der Waals surface area contributed by atoms with Gasteiger partial charge in [-0.2, -0.15) is 11.8 Å². The summed E-state index contributed by atoms with van der Waals surface area (Å²) in [6.45, 7) is 16.7. The van der Waals surface area contributed by atoms with Gasteiger partial charge in [-0.3, -0.25) is 0 Å². The third-order valence-corrected chi connectivity index (χ3v) is 7.69. The molecule has 3 rings (SSSR count). The molecule has 3 unspecified atom stereocenters. The van der Waals surface area contributed by atoms with E-state index in [-0.39, 0.29) is 10.8 Å². The first-order chi connectivity index (χ1) is 12.3. The van der Waals surface area contributed by atoms with Gasteiger partial charge in [-0.1, -0.05) is 60.6 Å². The van der Waals surface area contributed by atoms with Crippen LogP contribution < -0.4 is 0 Å². The molecule has 0 radical (unpaired) electrons. The Morgan fingerprint density at radius 2 is 1.70 bits per heavy atom. The van der Waals surface area contributed by atoms with Crippen LogP contribution >= 0.6 is 11.8 Å². The SMILES string of the molecule is CSCc1cc(C(C)(C)C)cc(C2(C)CC3CC(C)(C)CC(C)(C3)C2)c1O. The number of aromatic hydroxyl groups is 1. The van der Waals surface area contributed by atoms with E-state index in [1.54, 1.807) is 11.8 Å². The van der Waals surface area contributed by atoms with E-state index in [2.05, 4.69) is 66.9 Å². The largest absolute Gasteiger partial charge is 0.507 e. The fourth-order valence-corrected chi connectivity index (χ4v) is 7.37. The number of rotatable bonds is 3. The summed E-state index contributed by atoms with van der Waals surface area (Å²) in [4.78, 5) is 0. The lowest BCUT2D eigenvalue weighted by Gasteiger charge is -2.56. The number of hydrogen-bond donors (Lipinski definition) is 1. The van der Waals surface area contributed by atoms with Crippen molar-refractivity contribution in [3.05, 3.63) is 28.8 Å². The Bertz CT molecular complexity index is 712. The van der Waals surface area contributed by atoms with Crippen molar-refractivity contribution in [2.24, 2.45) is 16.7 Å². The quantitative estimate of drug-likeness (QED) is 0.580. The summed E-state index contributed by atoms with van der Waals surface area (Å²) in [5, 5.41) is 11.3. The second-order valence-electron chi connectivity index (χ2n) is 12.1. The van der Waals surface area contributed by atoms with Crippen molar-refractivity contribution in [1.82, 2.24) is 0 Å². The predicted octanol–water partition coefficient (Wildman–Crippen LogP) is 7.44. The molecular weight excluding hydrogens is 348 g/mol. The monoisotopic (exact) mass is 388 g/mol. The Labute approximate surface area is 171 Å². The Balaban J connectivity index is 2.08. The Kier molecular flexibility index (Phi) is 5.24. The minimum atomic E-state index is 0.0761. The number of phenolic OH excluding ortho intramolecular Hbond substituents is 1. The highest BCUT2D eigenvalue weighted by atomic mass is 32.2. The van der Waals surface area contributed by atoms with E-state index in [0.717, 1.165) is 17.2 Å². The zero-order chi connectivity index (χ0) is 20.3. The molecule has 2 fully saturated rings. The van der Waals surface area contributed by atoms with Crippen LogP contribution in [-0.2, 0) is 16.6 Å². The average Bonchev–Trinajstić information content (AvgIpc) is 2.44. The van der Waals surface area contributed by atoms with E-state index in [0.29, 0.717) is 16.6 Å². The van der Waals surface area contributed by atoms with Crippen molar-refractivity contribution < 1.29 is 5.11 Å². The molecule has 0 saturated heterocycles. The second-order valence-corrected chi connectivity index (χ2v) is 12.9. The van der Waals surface area contributed by atoms with Gasteiger partial charge >= 0.3 is 0 Å². The number of hydrogen-bond acceptors (Lipinski definition) is 2. The van der Waals surface area contributed by atoms with Crippen LogP contribution in [-0.4, -0.2) is 11.4 Å². The molecule has 2 saturated carbocycles. The van der Waals surface area contributed by atoms with Gasteiger partial charge in [-0.05, 0) is 71.5 Å². The normalized spacial score (nSPS) is 33.1. The summed E-state index contributed by atoms with van der Waals surface area (Å²) in [6, 6.07) is 4.59. The average molecular weight is 389 g/mol. The zero-order valence-corrected chi connectivity index (χ0v) is 19.6. The lowest BCUT2D eigenvalue weighted by atomic mass is 9.49. The summed E-state index contributed by atoms with van der Waals surface area (Å²) in [5.41, 5.74) is 4.72. The van der Waals surface area contributed by atoms with Gasteiger partial charge in [0.15, 0.2) is 0 Å². The Hall–Kier alpha value is -0.630. The molecule has 2 bridgehead atoms. The topological polar surface area (TPSA) is 20.2 Å². The Morgan fingerprint density at radius 1 is 1.04 bits per heavy atom. The van der Waals surface area contributed by atoms with E-state index >= 15 is 0 Å². The zero-order valence-electron chi connectivity index (χ0n) is 18.8. The van der Waals surface area contributed by atoms with Crippen LogP contribution in [0.4, 0.5) is 0 Å². The molecule has 152 valence electrons. The van der Waals surface area contributed by atoms with Crippen LogP contribution in [0.3, 0.4) is 0 Å². The van der Waals surface area contributed by atoms with Crippen molar-refractivity contribution in [2.45, 2.75) is 97.2 Å². The van der Waals surface area contributed by atoms with Gasteiger partial charge in [0.05, 0.1) is 0 Å². The summed E-state index contributed by atoms with van der Waals surface area (Å²) >= 11 is 1.80. The summed E-state index contributed by atoms with van der Waals surface area (Å²) in [7, 11) is 0. The molecule has 0 aromatic heterocycles. The van der Waals surface area contributed by atoms with Crippen molar-refractivity contribution >= 4 is 11.8 Å². The first-order valence-electron chi connectivity index (χ1n) is 10.6. The maximum absolute atomic E-state index is 11.3. The molecule has 1 nitrogen and oxygen atoms in total. The Morgan fingerprint density at radius 3 is 2.26 bits per heavy atom. The highest BCUT2D eigenvalue weighted by Gasteiger charge is 2.51.